The van der Waals surface area contributed by atoms with Gasteiger partial charge in [0.05, 0.1) is 6.67 Å². The maximum Gasteiger partial charge on any atom is 0.0898 e. The van der Waals surface area contributed by atoms with Gasteiger partial charge in [-0.05, 0) is 21.8 Å². The van der Waals surface area contributed by atoms with Crippen molar-refractivity contribution in [2.45, 2.75) is 6.42 Å². The Morgan fingerprint density at radius 2 is 2.20 bits per heavy atom. The van der Waals surface area contributed by atoms with Crippen LogP contribution >= 0.6 is 9.24 Å². The Morgan fingerprint density at radius 1 is 1.60 bits per heavy atom. The van der Waals surface area contributed by atoms with Gasteiger partial charge in [0.25, 0.3) is 0 Å². The summed E-state index contributed by atoms with van der Waals surface area (Å²) < 4.78 is 10.9. The fourth-order valence-electron chi connectivity index (χ4n) is 0.0598. The van der Waals surface area contributed by atoms with Crippen LogP contribution in [-0.2, 0) is 0 Å². The first kappa shape index (κ1) is 5.36. The molecule has 0 N–H and O–H groups in total. The van der Waals surface area contributed by atoms with Gasteiger partial charge in [-0.1, -0.05) is 0 Å². The highest BCUT2D eigenvalue weighted by molar-refractivity contribution is 7.16. The van der Waals surface area contributed by atoms with Crippen molar-refractivity contribution in [3.63, 3.8) is 0 Å². The Bertz CT molecular complexity index is 14.4. The molecule has 0 aromatic rings. The Kier molecular flexibility index (Phi) is 4.67. The standard InChI is InChI=1S/C3H6FP/c4-2-1-3-5/h1-3H2. The number of alkyl halides is 1. The number of halogens is 1. The second-order valence-electron chi connectivity index (χ2n) is 0.766. The molecule has 0 unspecified atom stereocenters. The minimum absolute atomic E-state index is 0.233. The molecular weight excluding hydrogens is 86.0 g/mol. The molecule has 5 heavy (non-hydrogen) atoms. The summed E-state index contributed by atoms with van der Waals surface area (Å²) in [6, 6.07) is 0. The summed E-state index contributed by atoms with van der Waals surface area (Å²) in [7, 11) is 3.76. The van der Waals surface area contributed by atoms with E-state index in [1.807, 2.05) is 0 Å². The quantitative estimate of drug-likeness (QED) is 0.455. The van der Waals surface area contributed by atoms with Gasteiger partial charge in [0.1, 0.15) is 0 Å². The van der Waals surface area contributed by atoms with E-state index in [0.29, 0.717) is 12.6 Å². The molecule has 2 radical (unpaired) electrons. The van der Waals surface area contributed by atoms with Crippen LogP contribution in [0.25, 0.3) is 0 Å². The van der Waals surface area contributed by atoms with Crippen molar-refractivity contribution in [2.75, 3.05) is 12.8 Å². The van der Waals surface area contributed by atoms with Crippen LogP contribution in [0.1, 0.15) is 6.42 Å². The fourth-order valence-corrected chi connectivity index (χ4v) is 0.179. The zero-order chi connectivity index (χ0) is 4.12. The summed E-state index contributed by atoms with van der Waals surface area (Å²) in [5.74, 6) is 0. The normalized spacial score (nSPS) is 8.40. The molecule has 2 heteroatoms. The Hall–Kier alpha value is 0.360. The molecule has 0 atom stereocenters. The molecule has 0 rings (SSSR count). The van der Waals surface area contributed by atoms with Gasteiger partial charge in [-0.2, -0.15) is 0 Å². The van der Waals surface area contributed by atoms with Gasteiger partial charge < -0.3 is 0 Å². The molecule has 0 amide bonds. The van der Waals surface area contributed by atoms with Crippen LogP contribution in [0.15, 0.2) is 0 Å². The minimum Gasteiger partial charge on any atom is -0.251 e. The molecule has 0 saturated carbocycles. The van der Waals surface area contributed by atoms with Crippen molar-refractivity contribution < 1.29 is 4.39 Å². The smallest absolute Gasteiger partial charge is 0.0898 e. The molecule has 0 aliphatic carbocycles. The lowest BCUT2D eigenvalue weighted by Crippen LogP contribution is -1.71. The molecular formula is C3H6FP. The first-order valence-corrected chi connectivity index (χ1v) is 2.22. The van der Waals surface area contributed by atoms with Crippen molar-refractivity contribution in [2.24, 2.45) is 0 Å². The van der Waals surface area contributed by atoms with Crippen molar-refractivity contribution in [3.05, 3.63) is 0 Å². The van der Waals surface area contributed by atoms with Crippen LogP contribution in [0.5, 0.6) is 0 Å². The van der Waals surface area contributed by atoms with E-state index >= 15 is 0 Å². The molecule has 0 saturated heterocycles. The molecule has 0 heterocycles. The van der Waals surface area contributed by atoms with Crippen LogP contribution in [0, 0.1) is 0 Å². The monoisotopic (exact) mass is 92.0 g/mol. The fraction of sp³-hybridized carbons (Fsp3) is 1.00. The Morgan fingerprint density at radius 3 is 2.20 bits per heavy atom. The maximum atomic E-state index is 10.9. The van der Waals surface area contributed by atoms with Crippen LogP contribution in [-0.4, -0.2) is 12.8 Å². The van der Waals surface area contributed by atoms with Crippen LogP contribution < -0.4 is 0 Å². The highest BCUT2D eigenvalue weighted by atomic mass is 31.0. The van der Waals surface area contributed by atoms with Crippen LogP contribution in [0.4, 0.5) is 4.39 Å². The third-order valence-corrected chi connectivity index (χ3v) is 0.608. The highest BCUT2D eigenvalue weighted by Gasteiger charge is 1.72. The lowest BCUT2D eigenvalue weighted by molar-refractivity contribution is 0.489. The Balaban J connectivity index is 2.19. The average Bonchev–Trinajstić information content (AvgIpc) is 1.41. The van der Waals surface area contributed by atoms with Gasteiger partial charge in [-0.3, -0.25) is 4.39 Å². The van der Waals surface area contributed by atoms with Crippen molar-refractivity contribution >= 4 is 9.24 Å². The molecule has 0 fully saturated rings. The van der Waals surface area contributed by atoms with Gasteiger partial charge in [0, 0.05) is 0 Å². The zero-order valence-electron chi connectivity index (χ0n) is 2.95. The zero-order valence-corrected chi connectivity index (χ0v) is 3.84. The van der Waals surface area contributed by atoms with E-state index in [9.17, 15) is 4.39 Å². The molecule has 30 valence electrons. The second-order valence-corrected chi connectivity index (χ2v) is 1.21. The van der Waals surface area contributed by atoms with E-state index in [0.717, 1.165) is 0 Å². The summed E-state index contributed by atoms with van der Waals surface area (Å²) in [6.07, 6.45) is 1.25. The third-order valence-electron chi connectivity index (χ3n) is 0.292. The second kappa shape index (κ2) is 4.36. The van der Waals surface area contributed by atoms with E-state index in [4.69, 9.17) is 0 Å². The number of hydrogen-bond donors (Lipinski definition) is 0. The predicted octanol–water partition coefficient (Wildman–Crippen LogP) is 1.76. The van der Waals surface area contributed by atoms with Gasteiger partial charge in [0.15, 0.2) is 0 Å². The molecule has 0 aromatic carbocycles. The number of hydrogen-bond acceptors (Lipinski definition) is 0. The lowest BCUT2D eigenvalue weighted by Gasteiger charge is -1.75. The summed E-state index contributed by atoms with van der Waals surface area (Å²) in [5.41, 5.74) is 0. The van der Waals surface area contributed by atoms with E-state index in [1.165, 1.54) is 0 Å². The van der Waals surface area contributed by atoms with Gasteiger partial charge in [0.2, 0.25) is 0 Å². The third kappa shape index (κ3) is 4.36. The summed E-state index contributed by atoms with van der Waals surface area (Å²) in [4.78, 5) is 0. The molecule has 0 aromatic heterocycles. The first-order valence-electron chi connectivity index (χ1n) is 1.58. The van der Waals surface area contributed by atoms with E-state index in [1.54, 1.807) is 0 Å². The average molecular weight is 92.1 g/mol. The largest absolute Gasteiger partial charge is 0.251 e. The van der Waals surface area contributed by atoms with Crippen LogP contribution in [0.2, 0.25) is 0 Å². The number of rotatable bonds is 2. The van der Waals surface area contributed by atoms with Crippen molar-refractivity contribution in [1.82, 2.24) is 0 Å². The Labute approximate surface area is 34.0 Å². The minimum atomic E-state index is -0.233. The topological polar surface area (TPSA) is 0 Å². The SMILES string of the molecule is FCCC[P]. The van der Waals surface area contributed by atoms with Gasteiger partial charge in [-0.25, -0.2) is 0 Å². The molecule has 0 bridgehead atoms. The van der Waals surface area contributed by atoms with Crippen molar-refractivity contribution in [1.29, 1.82) is 0 Å². The summed E-state index contributed by atoms with van der Waals surface area (Å²) in [5, 5.41) is 0. The van der Waals surface area contributed by atoms with Gasteiger partial charge >= 0.3 is 0 Å². The van der Waals surface area contributed by atoms with E-state index < -0.39 is 0 Å². The molecule has 0 nitrogen and oxygen atoms in total. The molecule has 0 aliphatic rings. The van der Waals surface area contributed by atoms with Gasteiger partial charge in [-0.15, -0.1) is 0 Å². The molecule has 0 spiro atoms. The maximum absolute atomic E-state index is 10.9. The van der Waals surface area contributed by atoms with Crippen molar-refractivity contribution in [3.8, 4) is 0 Å². The summed E-state index contributed by atoms with van der Waals surface area (Å²) in [6.45, 7) is -0.233. The van der Waals surface area contributed by atoms with E-state index in [-0.39, 0.29) is 6.67 Å². The predicted molar refractivity (Wildman–Crippen MR) is 22.4 cm³/mol. The van der Waals surface area contributed by atoms with Crippen LogP contribution in [0.3, 0.4) is 0 Å². The molecule has 0 aliphatic heterocycles. The lowest BCUT2D eigenvalue weighted by atomic mass is 10.6. The van der Waals surface area contributed by atoms with E-state index in [2.05, 4.69) is 9.24 Å². The highest BCUT2D eigenvalue weighted by Crippen LogP contribution is 1.85. The summed E-state index contributed by atoms with van der Waals surface area (Å²) >= 11 is 0. The first-order chi connectivity index (χ1) is 2.41.